The molecule has 0 heterocycles. The monoisotopic (exact) mass is 394 g/mol. The number of nitrogens with one attached hydrogen (secondary N) is 1. The molecule has 1 fully saturated rings. The summed E-state index contributed by atoms with van der Waals surface area (Å²) in [7, 11) is 0. The van der Waals surface area contributed by atoms with Crippen LogP contribution in [-0.2, 0) is 9.53 Å². The number of benzene rings is 1. The van der Waals surface area contributed by atoms with E-state index >= 15 is 0 Å². The van der Waals surface area contributed by atoms with Gasteiger partial charge >= 0.3 is 0 Å². The number of hydrogen-bond acceptors (Lipinski definition) is 3. The highest BCUT2D eigenvalue weighted by atomic mass is 79.9. The standard InChI is InChI=1S/C15H20BrFN2O2.ClH/c1-4-21-12-8-15(18,14(12,2)3)13(20)19-9-5-6-10(16)11(17)7-9;/h5-7,12H,4,8,18H2,1-3H3,(H,19,20);1H. The Morgan fingerprint density at radius 2 is 2.18 bits per heavy atom. The van der Waals surface area contributed by atoms with Crippen molar-refractivity contribution in [3.8, 4) is 0 Å². The van der Waals surface area contributed by atoms with Crippen LogP contribution in [0.15, 0.2) is 22.7 Å². The van der Waals surface area contributed by atoms with Gasteiger partial charge in [0, 0.05) is 24.1 Å². The molecule has 1 amide bonds. The van der Waals surface area contributed by atoms with E-state index < -0.39 is 16.8 Å². The third kappa shape index (κ3) is 3.15. The number of rotatable bonds is 4. The van der Waals surface area contributed by atoms with E-state index in [0.717, 1.165) is 0 Å². The Morgan fingerprint density at radius 1 is 1.55 bits per heavy atom. The van der Waals surface area contributed by atoms with Crippen LogP contribution < -0.4 is 11.1 Å². The second-order valence-corrected chi connectivity index (χ2v) is 6.78. The second-order valence-electron chi connectivity index (χ2n) is 5.92. The lowest BCUT2D eigenvalue weighted by molar-refractivity contribution is -0.166. The van der Waals surface area contributed by atoms with E-state index in [9.17, 15) is 9.18 Å². The van der Waals surface area contributed by atoms with Crippen molar-refractivity contribution in [3.05, 3.63) is 28.5 Å². The highest BCUT2D eigenvalue weighted by Gasteiger charge is 2.62. The molecule has 2 unspecified atom stereocenters. The summed E-state index contributed by atoms with van der Waals surface area (Å²) in [6.45, 7) is 6.33. The first-order valence-corrected chi connectivity index (χ1v) is 7.68. The molecule has 0 spiro atoms. The van der Waals surface area contributed by atoms with Gasteiger partial charge in [0.05, 0.1) is 10.6 Å². The molecule has 1 aromatic carbocycles. The summed E-state index contributed by atoms with van der Waals surface area (Å²) in [5.74, 6) is -0.746. The predicted molar refractivity (Wildman–Crippen MR) is 90.7 cm³/mol. The van der Waals surface area contributed by atoms with Crippen LogP contribution in [0.4, 0.5) is 10.1 Å². The fourth-order valence-electron chi connectivity index (χ4n) is 2.64. The van der Waals surface area contributed by atoms with Gasteiger partial charge in [0.1, 0.15) is 11.4 Å². The number of halogens is 3. The minimum Gasteiger partial charge on any atom is -0.378 e. The van der Waals surface area contributed by atoms with E-state index in [-0.39, 0.29) is 24.4 Å². The van der Waals surface area contributed by atoms with Crippen LogP contribution >= 0.6 is 28.3 Å². The van der Waals surface area contributed by atoms with Gasteiger partial charge in [-0.1, -0.05) is 13.8 Å². The Hall–Kier alpha value is -0.690. The minimum absolute atomic E-state index is 0. The van der Waals surface area contributed by atoms with Crippen molar-refractivity contribution in [2.75, 3.05) is 11.9 Å². The smallest absolute Gasteiger partial charge is 0.245 e. The molecule has 1 saturated carbocycles. The Bertz CT molecular complexity index is 570. The van der Waals surface area contributed by atoms with E-state index in [1.54, 1.807) is 12.1 Å². The van der Waals surface area contributed by atoms with E-state index in [2.05, 4.69) is 21.2 Å². The summed E-state index contributed by atoms with van der Waals surface area (Å²) in [5, 5.41) is 2.69. The summed E-state index contributed by atoms with van der Waals surface area (Å²) in [5.41, 5.74) is 5.17. The van der Waals surface area contributed by atoms with Gasteiger partial charge in [0.25, 0.3) is 0 Å². The first-order chi connectivity index (χ1) is 9.72. The maximum absolute atomic E-state index is 13.5. The van der Waals surface area contributed by atoms with Crippen LogP contribution in [0.2, 0.25) is 0 Å². The Balaban J connectivity index is 0.00000242. The molecule has 1 aliphatic carbocycles. The average Bonchev–Trinajstić information content (AvgIpc) is 2.42. The van der Waals surface area contributed by atoms with Gasteiger partial charge < -0.3 is 15.8 Å². The van der Waals surface area contributed by atoms with Crippen LogP contribution in [0.5, 0.6) is 0 Å². The first-order valence-electron chi connectivity index (χ1n) is 6.89. The van der Waals surface area contributed by atoms with Crippen molar-refractivity contribution in [2.24, 2.45) is 11.1 Å². The lowest BCUT2D eigenvalue weighted by Crippen LogP contribution is -2.74. The third-order valence-electron chi connectivity index (χ3n) is 4.41. The molecular formula is C15H21BrClFN2O2. The summed E-state index contributed by atoms with van der Waals surface area (Å²) in [6, 6.07) is 4.43. The van der Waals surface area contributed by atoms with Crippen molar-refractivity contribution >= 4 is 39.9 Å². The second kappa shape index (κ2) is 6.83. The van der Waals surface area contributed by atoms with Gasteiger partial charge in [-0.2, -0.15) is 0 Å². The summed E-state index contributed by atoms with van der Waals surface area (Å²) >= 11 is 3.07. The van der Waals surface area contributed by atoms with E-state index in [0.29, 0.717) is 23.2 Å². The molecule has 2 rings (SSSR count). The molecule has 2 atom stereocenters. The van der Waals surface area contributed by atoms with Gasteiger partial charge in [0.2, 0.25) is 5.91 Å². The SMILES string of the molecule is CCOC1CC(N)(C(=O)Nc2ccc(Br)c(F)c2)C1(C)C.Cl. The third-order valence-corrected chi connectivity index (χ3v) is 5.06. The zero-order valence-electron chi connectivity index (χ0n) is 12.8. The number of amides is 1. The number of carbonyl (C=O) groups excluding carboxylic acids is 1. The number of nitrogens with two attached hydrogens (primary N) is 1. The zero-order valence-corrected chi connectivity index (χ0v) is 15.2. The van der Waals surface area contributed by atoms with Crippen molar-refractivity contribution in [1.82, 2.24) is 0 Å². The molecule has 1 aromatic rings. The minimum atomic E-state index is -1.02. The number of hydrogen-bond donors (Lipinski definition) is 2. The average molecular weight is 396 g/mol. The first kappa shape index (κ1) is 19.4. The lowest BCUT2D eigenvalue weighted by Gasteiger charge is -2.57. The van der Waals surface area contributed by atoms with Crippen LogP contribution in [0, 0.1) is 11.2 Å². The molecule has 4 nitrogen and oxygen atoms in total. The molecule has 0 saturated heterocycles. The van der Waals surface area contributed by atoms with E-state index in [4.69, 9.17) is 10.5 Å². The molecular weight excluding hydrogens is 375 g/mol. The molecule has 124 valence electrons. The maximum Gasteiger partial charge on any atom is 0.245 e. The highest BCUT2D eigenvalue weighted by molar-refractivity contribution is 9.10. The van der Waals surface area contributed by atoms with Crippen LogP contribution in [0.25, 0.3) is 0 Å². The van der Waals surface area contributed by atoms with Gasteiger partial charge in [-0.15, -0.1) is 12.4 Å². The highest BCUT2D eigenvalue weighted by Crippen LogP contribution is 2.50. The van der Waals surface area contributed by atoms with Crippen molar-refractivity contribution in [1.29, 1.82) is 0 Å². The van der Waals surface area contributed by atoms with Crippen LogP contribution in [0.3, 0.4) is 0 Å². The van der Waals surface area contributed by atoms with Crippen molar-refractivity contribution in [3.63, 3.8) is 0 Å². The van der Waals surface area contributed by atoms with Gasteiger partial charge in [-0.25, -0.2) is 4.39 Å². The summed E-state index contributed by atoms with van der Waals surface area (Å²) in [4.78, 5) is 12.5. The topological polar surface area (TPSA) is 64.3 Å². The maximum atomic E-state index is 13.5. The normalized spacial score (nSPS) is 25.8. The number of ether oxygens (including phenoxy) is 1. The molecule has 0 aliphatic heterocycles. The predicted octanol–water partition coefficient (Wildman–Crippen LogP) is 3.48. The number of carbonyl (C=O) groups is 1. The number of anilines is 1. The molecule has 0 radical (unpaired) electrons. The van der Waals surface area contributed by atoms with Gasteiger partial charge in [0.15, 0.2) is 0 Å². The Labute approximate surface area is 144 Å². The fourth-order valence-corrected chi connectivity index (χ4v) is 2.88. The van der Waals surface area contributed by atoms with Crippen LogP contribution in [0.1, 0.15) is 27.2 Å². The largest absolute Gasteiger partial charge is 0.378 e. The van der Waals surface area contributed by atoms with E-state index in [1.807, 2.05) is 20.8 Å². The molecule has 0 bridgehead atoms. The molecule has 0 aromatic heterocycles. The molecule has 1 aliphatic rings. The van der Waals surface area contributed by atoms with Crippen molar-refractivity contribution < 1.29 is 13.9 Å². The fraction of sp³-hybridized carbons (Fsp3) is 0.533. The summed E-state index contributed by atoms with van der Waals surface area (Å²) < 4.78 is 19.4. The Morgan fingerprint density at radius 3 is 2.68 bits per heavy atom. The van der Waals surface area contributed by atoms with E-state index in [1.165, 1.54) is 6.07 Å². The van der Waals surface area contributed by atoms with Crippen LogP contribution in [-0.4, -0.2) is 24.2 Å². The summed E-state index contributed by atoms with van der Waals surface area (Å²) in [6.07, 6.45) is 0.415. The van der Waals surface area contributed by atoms with Gasteiger partial charge in [-0.3, -0.25) is 4.79 Å². The Kier molecular flexibility index (Phi) is 6.01. The quantitative estimate of drug-likeness (QED) is 0.820. The lowest BCUT2D eigenvalue weighted by atomic mass is 9.54. The molecule has 7 heteroatoms. The molecule has 22 heavy (non-hydrogen) atoms. The molecule has 3 N–H and O–H groups in total. The zero-order chi connectivity index (χ0) is 15.8. The van der Waals surface area contributed by atoms with Crippen molar-refractivity contribution in [2.45, 2.75) is 38.8 Å². The van der Waals surface area contributed by atoms with Gasteiger partial charge in [-0.05, 0) is 41.1 Å².